The fourth-order valence-corrected chi connectivity index (χ4v) is 3.22. The van der Waals surface area contributed by atoms with Gasteiger partial charge in [-0.2, -0.15) is 0 Å². The first-order valence-corrected chi connectivity index (χ1v) is 7.14. The van der Waals surface area contributed by atoms with Crippen molar-refractivity contribution in [3.8, 4) is 0 Å². The lowest BCUT2D eigenvalue weighted by Crippen LogP contribution is -2.45. The molecule has 1 aliphatic carbocycles. The summed E-state index contributed by atoms with van der Waals surface area (Å²) < 4.78 is 13.7. The molecular formula is C11H19BINO2. The Morgan fingerprint density at radius 1 is 1.25 bits per heavy atom. The van der Waals surface area contributed by atoms with E-state index in [0.717, 1.165) is 13.1 Å². The maximum atomic E-state index is 5.91. The molecule has 2 aliphatic rings. The largest absolute Gasteiger partial charge is 0.380 e. The molecule has 2 unspecified atom stereocenters. The highest BCUT2D eigenvalue weighted by Gasteiger charge is 2.25. The Bertz CT molecular complexity index is 204. The van der Waals surface area contributed by atoms with Gasteiger partial charge in [0.2, 0.25) is 0 Å². The molecule has 0 amide bonds. The van der Waals surface area contributed by atoms with Crippen LogP contribution in [0.5, 0.6) is 0 Å². The molecule has 0 N–H and O–H groups in total. The van der Waals surface area contributed by atoms with Crippen LogP contribution in [0.1, 0.15) is 32.1 Å². The molecule has 3 nitrogen and oxygen atoms in total. The Balaban J connectivity index is 1.68. The summed E-state index contributed by atoms with van der Waals surface area (Å²) >= 11 is 2.30. The van der Waals surface area contributed by atoms with Crippen molar-refractivity contribution in [3.63, 3.8) is 0 Å². The Hall–Kier alpha value is 0.675. The number of hydrogen-bond acceptors (Lipinski definition) is 3. The predicted molar refractivity (Wildman–Crippen MR) is 72.8 cm³/mol. The Kier molecular flexibility index (Phi) is 5.38. The van der Waals surface area contributed by atoms with Gasteiger partial charge in [0.05, 0.1) is 18.8 Å². The molecule has 2 radical (unpaired) electrons. The van der Waals surface area contributed by atoms with Crippen LogP contribution in [-0.2, 0) is 9.47 Å². The number of rotatable bonds is 3. The fourth-order valence-electron chi connectivity index (χ4n) is 2.39. The molecular weight excluding hydrogens is 316 g/mol. The molecule has 2 atom stereocenters. The van der Waals surface area contributed by atoms with Gasteiger partial charge in [0.1, 0.15) is 7.85 Å². The Morgan fingerprint density at radius 2 is 2.00 bits per heavy atom. The average molecular weight is 335 g/mol. The van der Waals surface area contributed by atoms with Crippen LogP contribution in [0.2, 0.25) is 0 Å². The number of hydrogen-bond donors (Lipinski definition) is 0. The maximum absolute atomic E-state index is 5.91. The van der Waals surface area contributed by atoms with E-state index in [2.05, 4.69) is 26.0 Å². The van der Waals surface area contributed by atoms with E-state index in [-0.39, 0.29) is 12.1 Å². The zero-order valence-corrected chi connectivity index (χ0v) is 11.8. The molecule has 0 bridgehead atoms. The van der Waals surface area contributed by atoms with Crippen LogP contribution in [0.15, 0.2) is 0 Å². The SMILES string of the molecule is [B]C1CN(I)CC(COC2CCCCC2)O1. The highest BCUT2D eigenvalue weighted by molar-refractivity contribution is 14.1. The maximum Gasteiger partial charge on any atom is 0.110 e. The zero-order valence-electron chi connectivity index (χ0n) is 9.61. The molecule has 16 heavy (non-hydrogen) atoms. The first-order valence-electron chi connectivity index (χ1n) is 6.17. The van der Waals surface area contributed by atoms with Crippen LogP contribution in [0, 0.1) is 0 Å². The molecule has 0 aromatic rings. The Morgan fingerprint density at radius 3 is 2.69 bits per heavy atom. The van der Waals surface area contributed by atoms with Gasteiger partial charge >= 0.3 is 0 Å². The summed E-state index contributed by atoms with van der Waals surface area (Å²) in [5.41, 5.74) is 0. The second-order valence-corrected chi connectivity index (χ2v) is 6.08. The second kappa shape index (κ2) is 6.57. The number of morpholine rings is 1. The van der Waals surface area contributed by atoms with Crippen LogP contribution in [0.4, 0.5) is 0 Å². The third-order valence-corrected chi connectivity index (χ3v) is 4.00. The minimum absolute atomic E-state index is 0.141. The monoisotopic (exact) mass is 335 g/mol. The third-order valence-electron chi connectivity index (χ3n) is 3.22. The lowest BCUT2D eigenvalue weighted by Gasteiger charge is -2.34. The smallest absolute Gasteiger partial charge is 0.110 e. The van der Waals surface area contributed by atoms with Crippen molar-refractivity contribution in [2.75, 3.05) is 19.7 Å². The number of nitrogens with zero attached hydrogens (tertiary/aromatic N) is 1. The van der Waals surface area contributed by atoms with Gasteiger partial charge in [-0.15, -0.1) is 0 Å². The molecule has 1 heterocycles. The standard InChI is InChI=1S/C11H19BINO2/c12-11-7-14(13)6-10(16-11)8-15-9-4-2-1-3-5-9/h9-11H,1-8H2. The normalized spacial score (nSPS) is 34.1. The molecule has 1 saturated heterocycles. The van der Waals surface area contributed by atoms with Crippen molar-refractivity contribution in [3.05, 3.63) is 0 Å². The van der Waals surface area contributed by atoms with E-state index in [9.17, 15) is 0 Å². The minimum Gasteiger partial charge on any atom is -0.380 e. The second-order valence-electron chi connectivity index (χ2n) is 4.72. The van der Waals surface area contributed by atoms with Crippen LogP contribution in [0.3, 0.4) is 0 Å². The summed E-state index contributed by atoms with van der Waals surface area (Å²) in [4.78, 5) is 0. The van der Waals surface area contributed by atoms with Crippen molar-refractivity contribution in [1.82, 2.24) is 3.11 Å². The lowest BCUT2D eigenvalue weighted by molar-refractivity contribution is -0.0846. The van der Waals surface area contributed by atoms with Crippen molar-refractivity contribution < 1.29 is 9.47 Å². The summed E-state index contributed by atoms with van der Waals surface area (Å²) in [7, 11) is 5.80. The zero-order chi connectivity index (χ0) is 11.4. The Labute approximate surface area is 113 Å². The topological polar surface area (TPSA) is 21.7 Å². The molecule has 2 fully saturated rings. The van der Waals surface area contributed by atoms with E-state index in [0.29, 0.717) is 12.7 Å². The molecule has 5 heteroatoms. The quantitative estimate of drug-likeness (QED) is 0.447. The van der Waals surface area contributed by atoms with Crippen molar-refractivity contribution >= 4 is 30.7 Å². The number of halogens is 1. The molecule has 0 spiro atoms. The summed E-state index contributed by atoms with van der Waals surface area (Å²) in [6.07, 6.45) is 7.02. The highest BCUT2D eigenvalue weighted by atomic mass is 127. The summed E-state index contributed by atoms with van der Waals surface area (Å²) in [6, 6.07) is -0.161. The first kappa shape index (κ1) is 13.1. The third kappa shape index (κ3) is 4.16. The fraction of sp³-hybridized carbons (Fsp3) is 1.00. The van der Waals surface area contributed by atoms with Gasteiger partial charge < -0.3 is 9.47 Å². The summed E-state index contributed by atoms with van der Waals surface area (Å²) in [5, 5.41) is 0. The van der Waals surface area contributed by atoms with E-state index in [4.69, 9.17) is 17.3 Å². The summed E-state index contributed by atoms with van der Waals surface area (Å²) in [5.74, 6) is 0. The molecule has 0 aromatic carbocycles. The van der Waals surface area contributed by atoms with E-state index in [1.807, 2.05) is 0 Å². The molecule has 1 saturated carbocycles. The summed E-state index contributed by atoms with van der Waals surface area (Å²) in [6.45, 7) is 2.42. The van der Waals surface area contributed by atoms with Gasteiger partial charge in [-0.25, -0.2) is 3.11 Å². The van der Waals surface area contributed by atoms with E-state index in [1.165, 1.54) is 32.1 Å². The van der Waals surface area contributed by atoms with Crippen molar-refractivity contribution in [2.45, 2.75) is 50.3 Å². The van der Waals surface area contributed by atoms with Crippen LogP contribution in [0.25, 0.3) is 0 Å². The highest BCUT2D eigenvalue weighted by Crippen LogP contribution is 2.21. The van der Waals surface area contributed by atoms with Gasteiger partial charge in [0, 0.05) is 42.0 Å². The average Bonchev–Trinajstić information content (AvgIpc) is 2.27. The van der Waals surface area contributed by atoms with Crippen LogP contribution < -0.4 is 0 Å². The minimum atomic E-state index is -0.161. The molecule has 1 aliphatic heterocycles. The van der Waals surface area contributed by atoms with Gasteiger partial charge in [-0.1, -0.05) is 19.3 Å². The number of ether oxygens (including phenoxy) is 2. The van der Waals surface area contributed by atoms with Gasteiger partial charge in [0.25, 0.3) is 0 Å². The van der Waals surface area contributed by atoms with Crippen LogP contribution >= 0.6 is 22.9 Å². The van der Waals surface area contributed by atoms with Crippen molar-refractivity contribution in [1.29, 1.82) is 0 Å². The molecule has 2 rings (SSSR count). The molecule has 90 valence electrons. The first-order chi connectivity index (χ1) is 7.74. The van der Waals surface area contributed by atoms with Gasteiger partial charge in [-0.3, -0.25) is 0 Å². The van der Waals surface area contributed by atoms with E-state index >= 15 is 0 Å². The van der Waals surface area contributed by atoms with Gasteiger partial charge in [-0.05, 0) is 12.8 Å². The van der Waals surface area contributed by atoms with E-state index in [1.54, 1.807) is 0 Å². The molecule has 0 aromatic heterocycles. The van der Waals surface area contributed by atoms with E-state index < -0.39 is 0 Å². The lowest BCUT2D eigenvalue weighted by atomic mass is 9.97. The predicted octanol–water partition coefficient (Wildman–Crippen LogP) is 1.88. The van der Waals surface area contributed by atoms with Crippen LogP contribution in [-0.4, -0.2) is 48.9 Å². The van der Waals surface area contributed by atoms with Gasteiger partial charge in [0.15, 0.2) is 0 Å². The van der Waals surface area contributed by atoms with Crippen molar-refractivity contribution in [2.24, 2.45) is 0 Å².